The third-order valence-corrected chi connectivity index (χ3v) is 4.76. The van der Waals surface area contributed by atoms with Crippen LogP contribution in [0.25, 0.3) is 0 Å². The molecule has 6 nitrogen and oxygen atoms in total. The van der Waals surface area contributed by atoms with Crippen LogP contribution in [0.4, 0.5) is 0 Å². The van der Waals surface area contributed by atoms with E-state index in [0.717, 1.165) is 0 Å². The van der Waals surface area contributed by atoms with Crippen LogP contribution in [0.2, 0.25) is 0 Å². The van der Waals surface area contributed by atoms with E-state index in [1.165, 1.54) is 28.6 Å². The number of nitrogens with zero attached hydrogens (tertiary/aromatic N) is 1. The van der Waals surface area contributed by atoms with Crippen molar-refractivity contribution in [3.05, 3.63) is 24.3 Å². The summed E-state index contributed by atoms with van der Waals surface area (Å²) in [6.07, 6.45) is 0. The Morgan fingerprint density at radius 1 is 1.44 bits per heavy atom. The maximum atomic E-state index is 12.4. The number of aliphatic hydroxyl groups excluding tert-OH is 1. The molecule has 1 aliphatic rings. The monoisotopic (exact) mass is 273 g/mol. The van der Waals surface area contributed by atoms with Gasteiger partial charge in [-0.25, -0.2) is 8.42 Å². The third kappa shape index (κ3) is 2.49. The molecule has 1 heterocycles. The Hall–Kier alpha value is -1.15. The zero-order valence-corrected chi connectivity index (χ0v) is 10.5. The highest BCUT2D eigenvalue weighted by atomic mass is 32.2. The smallest absolute Gasteiger partial charge is 0.243 e. The van der Waals surface area contributed by atoms with E-state index >= 15 is 0 Å². The lowest BCUT2D eigenvalue weighted by Gasteiger charge is -2.33. The Balaban J connectivity index is 2.35. The average Bonchev–Trinajstić information content (AvgIpc) is 2.38. The SMILES string of the molecule is O=S(=O)(c1cccc(O)c1)N1CCOCC1CO. The minimum Gasteiger partial charge on any atom is -0.508 e. The van der Waals surface area contributed by atoms with Gasteiger partial charge < -0.3 is 14.9 Å². The molecule has 1 aliphatic heterocycles. The van der Waals surface area contributed by atoms with Crippen LogP contribution < -0.4 is 0 Å². The first-order chi connectivity index (χ1) is 8.55. The van der Waals surface area contributed by atoms with Gasteiger partial charge in [0.25, 0.3) is 0 Å². The molecular formula is C11H15NO5S. The summed E-state index contributed by atoms with van der Waals surface area (Å²) in [4.78, 5) is 0.0165. The largest absolute Gasteiger partial charge is 0.508 e. The fourth-order valence-corrected chi connectivity index (χ4v) is 3.51. The van der Waals surface area contributed by atoms with E-state index in [0.29, 0.717) is 6.61 Å². The van der Waals surface area contributed by atoms with Gasteiger partial charge >= 0.3 is 0 Å². The number of hydrogen-bond donors (Lipinski definition) is 2. The Morgan fingerprint density at radius 2 is 2.22 bits per heavy atom. The van der Waals surface area contributed by atoms with Crippen molar-refractivity contribution in [3.63, 3.8) is 0 Å². The Labute approximate surface area is 105 Å². The molecule has 2 N–H and O–H groups in total. The molecule has 0 saturated carbocycles. The second-order valence-electron chi connectivity index (χ2n) is 4.02. The van der Waals surface area contributed by atoms with Gasteiger partial charge in [-0.15, -0.1) is 0 Å². The summed E-state index contributed by atoms with van der Waals surface area (Å²) in [5, 5.41) is 18.5. The summed E-state index contributed by atoms with van der Waals surface area (Å²) in [7, 11) is -3.71. The minimum absolute atomic E-state index is 0.0165. The molecule has 100 valence electrons. The van der Waals surface area contributed by atoms with Crippen LogP contribution in [0.3, 0.4) is 0 Å². The normalized spacial score (nSPS) is 21.9. The Bertz CT molecular complexity index is 516. The number of sulfonamides is 1. The quantitative estimate of drug-likeness (QED) is 0.794. The fourth-order valence-electron chi connectivity index (χ4n) is 1.88. The second-order valence-corrected chi connectivity index (χ2v) is 5.91. The fraction of sp³-hybridized carbons (Fsp3) is 0.455. The van der Waals surface area contributed by atoms with Crippen LogP contribution in [-0.2, 0) is 14.8 Å². The predicted molar refractivity (Wildman–Crippen MR) is 63.7 cm³/mol. The van der Waals surface area contributed by atoms with Crippen LogP contribution in [-0.4, -0.2) is 55.3 Å². The van der Waals surface area contributed by atoms with Gasteiger partial charge in [0.2, 0.25) is 10.0 Å². The van der Waals surface area contributed by atoms with Crippen molar-refractivity contribution in [2.75, 3.05) is 26.4 Å². The summed E-state index contributed by atoms with van der Waals surface area (Å²) < 4.78 is 31.1. The first kappa shape index (κ1) is 13.3. The lowest BCUT2D eigenvalue weighted by Crippen LogP contribution is -2.50. The van der Waals surface area contributed by atoms with Crippen molar-refractivity contribution in [3.8, 4) is 5.75 Å². The summed E-state index contributed by atoms with van der Waals surface area (Å²) >= 11 is 0. The molecule has 1 atom stereocenters. The lowest BCUT2D eigenvalue weighted by molar-refractivity contribution is 0.0109. The molecule has 0 aromatic heterocycles. The number of phenols is 1. The number of benzene rings is 1. The third-order valence-electron chi connectivity index (χ3n) is 2.81. The maximum absolute atomic E-state index is 12.4. The zero-order chi connectivity index (χ0) is 13.2. The van der Waals surface area contributed by atoms with Crippen LogP contribution in [0.5, 0.6) is 5.75 Å². The van der Waals surface area contributed by atoms with Crippen LogP contribution in [0.15, 0.2) is 29.2 Å². The van der Waals surface area contributed by atoms with Crippen molar-refractivity contribution in [2.24, 2.45) is 0 Å². The molecule has 18 heavy (non-hydrogen) atoms. The highest BCUT2D eigenvalue weighted by molar-refractivity contribution is 7.89. The molecule has 0 aliphatic carbocycles. The zero-order valence-electron chi connectivity index (χ0n) is 9.69. The number of phenolic OH excluding ortho intramolecular Hbond substituents is 1. The molecule has 1 unspecified atom stereocenters. The van der Waals surface area contributed by atoms with Gasteiger partial charge in [-0.05, 0) is 18.2 Å². The topological polar surface area (TPSA) is 87.1 Å². The first-order valence-electron chi connectivity index (χ1n) is 5.55. The number of hydrogen-bond acceptors (Lipinski definition) is 5. The van der Waals surface area contributed by atoms with Crippen LogP contribution in [0.1, 0.15) is 0 Å². The van der Waals surface area contributed by atoms with Gasteiger partial charge in [-0.1, -0.05) is 6.07 Å². The molecule has 1 aromatic carbocycles. The predicted octanol–water partition coefficient (Wildman–Crippen LogP) is -0.226. The first-order valence-corrected chi connectivity index (χ1v) is 6.99. The van der Waals surface area contributed by atoms with E-state index in [2.05, 4.69) is 0 Å². The summed E-state index contributed by atoms with van der Waals surface area (Å²) in [5.41, 5.74) is 0. The molecule has 1 saturated heterocycles. The average molecular weight is 273 g/mol. The van der Waals surface area contributed by atoms with E-state index in [1.807, 2.05) is 0 Å². The maximum Gasteiger partial charge on any atom is 0.243 e. The van der Waals surface area contributed by atoms with Crippen molar-refractivity contribution in [1.29, 1.82) is 0 Å². The van der Waals surface area contributed by atoms with Gasteiger partial charge in [-0.2, -0.15) is 4.31 Å². The molecule has 1 fully saturated rings. The van der Waals surface area contributed by atoms with Crippen molar-refractivity contribution in [2.45, 2.75) is 10.9 Å². The van der Waals surface area contributed by atoms with Crippen molar-refractivity contribution < 1.29 is 23.4 Å². The summed E-state index contributed by atoms with van der Waals surface area (Å²) in [6, 6.07) is 4.91. The van der Waals surface area contributed by atoms with Crippen molar-refractivity contribution in [1.82, 2.24) is 4.31 Å². The van der Waals surface area contributed by atoms with Crippen LogP contribution in [0, 0.1) is 0 Å². The molecular weight excluding hydrogens is 258 g/mol. The van der Waals surface area contributed by atoms with E-state index in [9.17, 15) is 18.6 Å². The van der Waals surface area contributed by atoms with E-state index in [1.54, 1.807) is 0 Å². The van der Waals surface area contributed by atoms with Gasteiger partial charge in [0, 0.05) is 6.54 Å². The van der Waals surface area contributed by atoms with Gasteiger partial charge in [0.15, 0.2) is 0 Å². The lowest BCUT2D eigenvalue weighted by atomic mass is 10.3. The summed E-state index contributed by atoms with van der Waals surface area (Å²) in [5.74, 6) is -0.107. The minimum atomic E-state index is -3.71. The molecule has 7 heteroatoms. The molecule has 0 spiro atoms. The van der Waals surface area contributed by atoms with Gasteiger partial charge in [0.1, 0.15) is 5.75 Å². The number of aliphatic hydroxyl groups is 1. The molecule has 2 rings (SSSR count). The highest BCUT2D eigenvalue weighted by Gasteiger charge is 2.33. The van der Waals surface area contributed by atoms with E-state index < -0.39 is 16.1 Å². The second kappa shape index (κ2) is 5.23. The Morgan fingerprint density at radius 3 is 2.89 bits per heavy atom. The molecule has 1 aromatic rings. The number of aromatic hydroxyl groups is 1. The van der Waals surface area contributed by atoms with Crippen LogP contribution >= 0.6 is 0 Å². The summed E-state index contributed by atoms with van der Waals surface area (Å²) in [6.45, 7) is 0.379. The number of morpholine rings is 1. The molecule has 0 radical (unpaired) electrons. The molecule has 0 bridgehead atoms. The highest BCUT2D eigenvalue weighted by Crippen LogP contribution is 2.23. The number of ether oxygens (including phenoxy) is 1. The molecule has 0 amide bonds. The number of rotatable bonds is 3. The van der Waals surface area contributed by atoms with E-state index in [-0.39, 0.29) is 30.4 Å². The standard InChI is InChI=1S/C11H15NO5S/c13-7-9-8-17-5-4-12(9)18(15,16)11-3-1-2-10(14)6-11/h1-3,6,9,13-14H,4-5,7-8H2. The Kier molecular flexibility index (Phi) is 3.86. The van der Waals surface area contributed by atoms with Gasteiger partial charge in [-0.3, -0.25) is 0 Å². The van der Waals surface area contributed by atoms with E-state index in [4.69, 9.17) is 4.74 Å². The van der Waals surface area contributed by atoms with Gasteiger partial charge in [0.05, 0.1) is 30.8 Å². The van der Waals surface area contributed by atoms with Crippen molar-refractivity contribution >= 4 is 10.0 Å².